The molecule has 0 aliphatic rings. The summed E-state index contributed by atoms with van der Waals surface area (Å²) in [5, 5.41) is 20.4. The fourth-order valence-corrected chi connectivity index (χ4v) is 1.89. The van der Waals surface area contributed by atoms with E-state index in [4.69, 9.17) is 4.42 Å². The number of aliphatic hydroxyl groups is 1. The first kappa shape index (κ1) is 11.7. The minimum absolute atomic E-state index is 0.587. The molecule has 1 aromatic carbocycles. The molecule has 17 heavy (non-hydrogen) atoms. The smallest absolute Gasteiger partial charge is 0.134 e. The van der Waals surface area contributed by atoms with Crippen molar-refractivity contribution in [3.63, 3.8) is 0 Å². The molecular formula is C14H15NO2. The number of para-hydroxylation sites is 1. The van der Waals surface area contributed by atoms with Crippen molar-refractivity contribution in [3.8, 4) is 6.07 Å². The number of fused-ring (bicyclic) bond motifs is 1. The second-order valence-electron chi connectivity index (χ2n) is 4.47. The van der Waals surface area contributed by atoms with Crippen LogP contribution < -0.4 is 0 Å². The fourth-order valence-electron chi connectivity index (χ4n) is 1.89. The van der Waals surface area contributed by atoms with Gasteiger partial charge in [0.25, 0.3) is 0 Å². The maximum absolute atomic E-state index is 10.3. The molecule has 3 heteroatoms. The van der Waals surface area contributed by atoms with Crippen molar-refractivity contribution < 1.29 is 9.52 Å². The van der Waals surface area contributed by atoms with E-state index in [9.17, 15) is 10.4 Å². The van der Waals surface area contributed by atoms with Gasteiger partial charge in [-0.25, -0.2) is 0 Å². The van der Waals surface area contributed by atoms with Crippen LogP contribution in [0.2, 0.25) is 0 Å². The number of hydrogen-bond donors (Lipinski definition) is 1. The van der Waals surface area contributed by atoms with Crippen LogP contribution in [0, 0.1) is 16.7 Å². The van der Waals surface area contributed by atoms with E-state index in [0.29, 0.717) is 12.0 Å². The summed E-state index contributed by atoms with van der Waals surface area (Å²) in [6.07, 6.45) is 1.30. The van der Waals surface area contributed by atoms with Gasteiger partial charge in [-0.3, -0.25) is 0 Å². The maximum atomic E-state index is 10.3. The number of rotatable bonds is 3. The lowest BCUT2D eigenvalue weighted by molar-refractivity contribution is 0.0727. The Bertz CT molecular complexity index is 567. The van der Waals surface area contributed by atoms with Crippen molar-refractivity contribution >= 4 is 11.0 Å². The molecular weight excluding hydrogens is 214 g/mol. The van der Waals surface area contributed by atoms with Gasteiger partial charge in [-0.2, -0.15) is 5.26 Å². The zero-order valence-electron chi connectivity index (χ0n) is 9.97. The lowest BCUT2D eigenvalue weighted by Crippen LogP contribution is -2.22. The molecule has 2 unspecified atom stereocenters. The number of benzene rings is 1. The van der Waals surface area contributed by atoms with Gasteiger partial charge in [-0.15, -0.1) is 0 Å². The number of hydrogen-bond acceptors (Lipinski definition) is 3. The Labute approximate surface area is 100 Å². The lowest BCUT2D eigenvalue weighted by Gasteiger charge is -2.25. The molecule has 88 valence electrons. The average molecular weight is 229 g/mol. The minimum Gasteiger partial charge on any atom is -0.464 e. The van der Waals surface area contributed by atoms with Crippen molar-refractivity contribution in [1.82, 2.24) is 0 Å². The summed E-state index contributed by atoms with van der Waals surface area (Å²) in [6.45, 7) is 3.66. The zero-order chi connectivity index (χ0) is 12.5. The Morgan fingerprint density at radius 3 is 2.82 bits per heavy atom. The highest BCUT2D eigenvalue weighted by Gasteiger charge is 2.34. The van der Waals surface area contributed by atoms with Gasteiger partial charge in [0.2, 0.25) is 0 Å². The van der Waals surface area contributed by atoms with Crippen molar-refractivity contribution in [3.05, 3.63) is 36.1 Å². The summed E-state index contributed by atoms with van der Waals surface area (Å²) < 4.78 is 5.38. The molecule has 0 radical (unpaired) electrons. The Kier molecular flexibility index (Phi) is 2.91. The Balaban J connectivity index is 2.51. The van der Waals surface area contributed by atoms with Crippen LogP contribution in [-0.4, -0.2) is 5.11 Å². The molecule has 0 aliphatic heterocycles. The van der Waals surface area contributed by atoms with Crippen molar-refractivity contribution in [2.45, 2.75) is 26.4 Å². The van der Waals surface area contributed by atoms with E-state index in [2.05, 4.69) is 6.07 Å². The van der Waals surface area contributed by atoms with Crippen LogP contribution in [0.15, 0.2) is 34.9 Å². The van der Waals surface area contributed by atoms with Gasteiger partial charge in [0.15, 0.2) is 0 Å². The summed E-state index contributed by atoms with van der Waals surface area (Å²) >= 11 is 0. The van der Waals surface area contributed by atoms with Gasteiger partial charge >= 0.3 is 0 Å². The van der Waals surface area contributed by atoms with E-state index in [0.717, 1.165) is 11.0 Å². The quantitative estimate of drug-likeness (QED) is 0.877. The third-order valence-corrected chi connectivity index (χ3v) is 3.40. The third-order valence-electron chi connectivity index (χ3n) is 3.40. The standard InChI is InChI=1S/C14H15NO2/c1-3-14(2,9-15)13(16)11-8-17-12-7-5-4-6-10(11)12/h4-8,13,16H,3H2,1-2H3. The van der Waals surface area contributed by atoms with E-state index in [1.54, 1.807) is 13.2 Å². The molecule has 0 saturated heterocycles. The molecule has 0 bridgehead atoms. The van der Waals surface area contributed by atoms with E-state index in [1.807, 2.05) is 31.2 Å². The molecule has 1 aromatic heterocycles. The molecule has 1 heterocycles. The van der Waals surface area contributed by atoms with E-state index >= 15 is 0 Å². The second kappa shape index (κ2) is 4.23. The molecule has 0 aliphatic carbocycles. The topological polar surface area (TPSA) is 57.2 Å². The van der Waals surface area contributed by atoms with Crippen LogP contribution in [0.25, 0.3) is 11.0 Å². The predicted molar refractivity (Wildman–Crippen MR) is 65.2 cm³/mol. The summed E-state index contributed by atoms with van der Waals surface area (Å²) in [5.74, 6) is 0. The van der Waals surface area contributed by atoms with Crippen LogP contribution in [0.4, 0.5) is 0 Å². The summed E-state index contributed by atoms with van der Waals surface area (Å²) in [5.41, 5.74) is 0.636. The molecule has 2 aromatic rings. The summed E-state index contributed by atoms with van der Waals surface area (Å²) in [7, 11) is 0. The van der Waals surface area contributed by atoms with Crippen LogP contribution >= 0.6 is 0 Å². The second-order valence-corrected chi connectivity index (χ2v) is 4.47. The van der Waals surface area contributed by atoms with Crippen LogP contribution in [-0.2, 0) is 0 Å². The first-order valence-corrected chi connectivity index (χ1v) is 5.68. The number of nitriles is 1. The SMILES string of the molecule is CCC(C)(C#N)C(O)c1coc2ccccc12. The van der Waals surface area contributed by atoms with Crippen molar-refractivity contribution in [1.29, 1.82) is 5.26 Å². The zero-order valence-corrected chi connectivity index (χ0v) is 9.97. The van der Waals surface area contributed by atoms with Crippen molar-refractivity contribution in [2.24, 2.45) is 5.41 Å². The van der Waals surface area contributed by atoms with Crippen molar-refractivity contribution in [2.75, 3.05) is 0 Å². The number of nitrogens with zero attached hydrogens (tertiary/aromatic N) is 1. The number of aliphatic hydroxyl groups excluding tert-OH is 1. The normalized spacial score (nSPS) is 16.4. The van der Waals surface area contributed by atoms with Gasteiger partial charge < -0.3 is 9.52 Å². The van der Waals surface area contributed by atoms with E-state index < -0.39 is 11.5 Å². The highest BCUT2D eigenvalue weighted by atomic mass is 16.3. The Hall–Kier alpha value is -1.79. The monoisotopic (exact) mass is 229 g/mol. The molecule has 0 amide bonds. The summed E-state index contributed by atoms with van der Waals surface area (Å²) in [4.78, 5) is 0. The van der Waals surface area contributed by atoms with Gasteiger partial charge in [0.05, 0.1) is 17.7 Å². The molecule has 0 fully saturated rings. The highest BCUT2D eigenvalue weighted by Crippen LogP contribution is 2.39. The molecule has 2 rings (SSSR count). The molecule has 0 spiro atoms. The third kappa shape index (κ3) is 1.81. The average Bonchev–Trinajstić information content (AvgIpc) is 2.80. The maximum Gasteiger partial charge on any atom is 0.134 e. The summed E-state index contributed by atoms with van der Waals surface area (Å²) in [6, 6.07) is 9.70. The van der Waals surface area contributed by atoms with Gasteiger partial charge in [0, 0.05) is 10.9 Å². The lowest BCUT2D eigenvalue weighted by atomic mass is 9.80. The van der Waals surface area contributed by atoms with Crippen LogP contribution in [0.3, 0.4) is 0 Å². The number of furan rings is 1. The van der Waals surface area contributed by atoms with Gasteiger partial charge in [0.1, 0.15) is 11.7 Å². The largest absolute Gasteiger partial charge is 0.464 e. The molecule has 0 saturated carbocycles. The molecule has 3 nitrogen and oxygen atoms in total. The van der Waals surface area contributed by atoms with Crippen LogP contribution in [0.1, 0.15) is 31.9 Å². The Morgan fingerprint density at radius 2 is 2.18 bits per heavy atom. The Morgan fingerprint density at radius 1 is 1.47 bits per heavy atom. The van der Waals surface area contributed by atoms with Crippen LogP contribution in [0.5, 0.6) is 0 Å². The molecule has 1 N–H and O–H groups in total. The predicted octanol–water partition coefficient (Wildman–Crippen LogP) is 3.41. The molecule has 2 atom stereocenters. The fraction of sp³-hybridized carbons (Fsp3) is 0.357. The van der Waals surface area contributed by atoms with E-state index in [1.165, 1.54) is 0 Å². The minimum atomic E-state index is -0.832. The van der Waals surface area contributed by atoms with Gasteiger partial charge in [-0.05, 0) is 19.4 Å². The van der Waals surface area contributed by atoms with Gasteiger partial charge in [-0.1, -0.05) is 25.1 Å². The van der Waals surface area contributed by atoms with E-state index in [-0.39, 0.29) is 0 Å². The first-order chi connectivity index (χ1) is 8.12. The highest BCUT2D eigenvalue weighted by molar-refractivity contribution is 5.81. The first-order valence-electron chi connectivity index (χ1n) is 5.68.